The molecule has 122 valence electrons. The zero-order chi connectivity index (χ0) is 16.8. The van der Waals surface area contributed by atoms with Crippen molar-refractivity contribution in [3.05, 3.63) is 36.2 Å². The lowest BCUT2D eigenvalue weighted by atomic mass is 10.2. The van der Waals surface area contributed by atoms with Gasteiger partial charge in [-0.15, -0.1) is 0 Å². The van der Waals surface area contributed by atoms with Crippen LogP contribution in [0.5, 0.6) is 0 Å². The molecule has 0 atom stereocenters. The van der Waals surface area contributed by atoms with Crippen LogP contribution in [0.2, 0.25) is 0 Å². The number of amides is 1. The molecule has 2 aromatic rings. The van der Waals surface area contributed by atoms with Crippen molar-refractivity contribution in [1.29, 1.82) is 0 Å². The number of rotatable bonds is 7. The Labute approximate surface area is 134 Å². The second-order valence-corrected chi connectivity index (χ2v) is 5.34. The number of anilines is 1. The predicted molar refractivity (Wildman–Crippen MR) is 89.1 cm³/mol. The normalized spacial score (nSPS) is 10.5. The molecule has 0 unspecified atom stereocenters. The molecule has 6 heteroatoms. The molecule has 0 fully saturated rings. The van der Waals surface area contributed by atoms with Crippen LogP contribution >= 0.6 is 0 Å². The summed E-state index contributed by atoms with van der Waals surface area (Å²) in [5.74, 6) is 0.430. The van der Waals surface area contributed by atoms with Gasteiger partial charge in [0.15, 0.2) is 0 Å². The lowest BCUT2D eigenvalue weighted by molar-refractivity contribution is -0.139. The van der Waals surface area contributed by atoms with Gasteiger partial charge in [0.1, 0.15) is 5.82 Å². The fourth-order valence-corrected chi connectivity index (χ4v) is 2.04. The molecule has 0 aliphatic heterocycles. The molecule has 0 spiro atoms. The summed E-state index contributed by atoms with van der Waals surface area (Å²) in [4.78, 5) is 30.4. The Morgan fingerprint density at radius 3 is 2.87 bits per heavy atom. The summed E-state index contributed by atoms with van der Waals surface area (Å²) in [6.07, 6.45) is 1.79. The number of H-pyrrole nitrogens is 1. The zero-order valence-electron chi connectivity index (χ0n) is 13.4. The maximum atomic E-state index is 11.4. The Bertz CT molecular complexity index is 734. The number of ether oxygens (including phenoxy) is 1. The Morgan fingerprint density at radius 1 is 1.39 bits per heavy atom. The number of imidazole rings is 1. The minimum atomic E-state index is -0.370. The zero-order valence-corrected chi connectivity index (χ0v) is 13.4. The summed E-state index contributed by atoms with van der Waals surface area (Å²) in [6.45, 7) is 7.30. The smallest absolute Gasteiger partial charge is 0.333 e. The number of hydrogen-bond donors (Lipinski definition) is 2. The monoisotopic (exact) mass is 315 g/mol. The molecule has 1 amide bonds. The maximum absolute atomic E-state index is 11.4. The fourth-order valence-electron chi connectivity index (χ4n) is 2.04. The summed E-state index contributed by atoms with van der Waals surface area (Å²) in [6, 6.07) is 5.55. The predicted octanol–water partition coefficient (Wildman–Crippen LogP) is 2.96. The van der Waals surface area contributed by atoms with E-state index in [0.717, 1.165) is 22.5 Å². The minimum absolute atomic E-state index is 0.0246. The number of fused-ring (bicyclic) bond motifs is 1. The van der Waals surface area contributed by atoms with E-state index >= 15 is 0 Å². The number of carbonyl (C=O) groups excluding carboxylic acids is 2. The van der Waals surface area contributed by atoms with E-state index in [2.05, 4.69) is 21.9 Å². The lowest BCUT2D eigenvalue weighted by Crippen LogP contribution is -2.09. The van der Waals surface area contributed by atoms with Crippen LogP contribution in [0.1, 0.15) is 32.5 Å². The number of carbonyl (C=O) groups is 2. The van der Waals surface area contributed by atoms with Crippen molar-refractivity contribution in [3.8, 4) is 0 Å². The van der Waals surface area contributed by atoms with Gasteiger partial charge in [-0.3, -0.25) is 4.79 Å². The van der Waals surface area contributed by atoms with Gasteiger partial charge >= 0.3 is 5.97 Å². The van der Waals surface area contributed by atoms with Crippen molar-refractivity contribution >= 4 is 28.6 Å². The second kappa shape index (κ2) is 7.58. The summed E-state index contributed by atoms with van der Waals surface area (Å²) < 4.78 is 5.05. The standard InChI is InChI=1S/C17H21N3O3/c1-4-16(21)18-12-7-8-13-14(10-12)20-15(19-13)6-5-9-23-17(22)11(2)3/h7-8,10H,2,4-6,9H2,1,3H3,(H,18,21)(H,19,20). The third kappa shape index (κ3) is 4.67. The topological polar surface area (TPSA) is 84.1 Å². The number of hydrogen-bond acceptors (Lipinski definition) is 4. The quantitative estimate of drug-likeness (QED) is 0.467. The van der Waals surface area contributed by atoms with E-state index in [1.807, 2.05) is 25.1 Å². The first-order chi connectivity index (χ1) is 11.0. The van der Waals surface area contributed by atoms with Gasteiger partial charge < -0.3 is 15.0 Å². The summed E-state index contributed by atoms with van der Waals surface area (Å²) in [5, 5.41) is 2.82. The summed E-state index contributed by atoms with van der Waals surface area (Å²) >= 11 is 0. The van der Waals surface area contributed by atoms with Gasteiger partial charge in [-0.25, -0.2) is 9.78 Å². The molecule has 6 nitrogen and oxygen atoms in total. The third-order valence-electron chi connectivity index (χ3n) is 3.28. The number of nitrogens with one attached hydrogen (secondary N) is 2. The molecular formula is C17H21N3O3. The molecule has 2 rings (SSSR count). The molecule has 0 bridgehead atoms. The molecule has 1 aromatic heterocycles. The first kappa shape index (κ1) is 16.7. The van der Waals surface area contributed by atoms with Crippen LogP contribution in [0.3, 0.4) is 0 Å². The van der Waals surface area contributed by atoms with Crippen LogP contribution in [-0.4, -0.2) is 28.5 Å². The number of esters is 1. The molecule has 0 aliphatic rings. The Hall–Kier alpha value is -2.63. The fraction of sp³-hybridized carbons (Fsp3) is 0.353. The SMILES string of the molecule is C=C(C)C(=O)OCCCc1nc2ccc(NC(=O)CC)cc2[nH]1. The summed E-state index contributed by atoms with van der Waals surface area (Å²) in [5.41, 5.74) is 2.85. The van der Waals surface area contributed by atoms with E-state index in [9.17, 15) is 9.59 Å². The number of aromatic amines is 1. The molecule has 1 aromatic carbocycles. The Balaban J connectivity index is 1.93. The minimum Gasteiger partial charge on any atom is -0.462 e. The van der Waals surface area contributed by atoms with E-state index in [0.29, 0.717) is 31.4 Å². The molecule has 23 heavy (non-hydrogen) atoms. The third-order valence-corrected chi connectivity index (χ3v) is 3.28. The van der Waals surface area contributed by atoms with Crippen molar-refractivity contribution in [2.45, 2.75) is 33.1 Å². The summed E-state index contributed by atoms with van der Waals surface area (Å²) in [7, 11) is 0. The lowest BCUT2D eigenvalue weighted by Gasteiger charge is -2.02. The second-order valence-electron chi connectivity index (χ2n) is 5.34. The van der Waals surface area contributed by atoms with Gasteiger partial charge in [-0.2, -0.15) is 0 Å². The van der Waals surface area contributed by atoms with E-state index in [-0.39, 0.29) is 11.9 Å². The molecule has 2 N–H and O–H groups in total. The Morgan fingerprint density at radius 2 is 2.17 bits per heavy atom. The van der Waals surface area contributed by atoms with Gasteiger partial charge in [0.2, 0.25) is 5.91 Å². The number of benzene rings is 1. The highest BCUT2D eigenvalue weighted by atomic mass is 16.5. The highest BCUT2D eigenvalue weighted by Crippen LogP contribution is 2.18. The highest BCUT2D eigenvalue weighted by molar-refractivity contribution is 5.92. The van der Waals surface area contributed by atoms with E-state index in [4.69, 9.17) is 4.74 Å². The van der Waals surface area contributed by atoms with Crippen LogP contribution in [0, 0.1) is 0 Å². The molecular weight excluding hydrogens is 294 g/mol. The van der Waals surface area contributed by atoms with Gasteiger partial charge in [0.05, 0.1) is 17.6 Å². The van der Waals surface area contributed by atoms with Gasteiger partial charge in [-0.1, -0.05) is 13.5 Å². The average Bonchev–Trinajstić information content (AvgIpc) is 2.93. The van der Waals surface area contributed by atoms with E-state index in [1.54, 1.807) is 6.92 Å². The van der Waals surface area contributed by atoms with Gasteiger partial charge in [0, 0.05) is 24.1 Å². The van der Waals surface area contributed by atoms with Crippen LogP contribution in [-0.2, 0) is 20.7 Å². The molecule has 0 radical (unpaired) electrons. The van der Waals surface area contributed by atoms with Gasteiger partial charge in [0.25, 0.3) is 0 Å². The number of aryl methyl sites for hydroxylation is 1. The van der Waals surface area contributed by atoms with Crippen LogP contribution in [0.15, 0.2) is 30.4 Å². The molecule has 1 heterocycles. The van der Waals surface area contributed by atoms with Crippen molar-refractivity contribution < 1.29 is 14.3 Å². The number of aromatic nitrogens is 2. The first-order valence-electron chi connectivity index (χ1n) is 7.60. The first-order valence-corrected chi connectivity index (χ1v) is 7.60. The van der Waals surface area contributed by atoms with Crippen molar-refractivity contribution in [1.82, 2.24) is 9.97 Å². The van der Waals surface area contributed by atoms with Crippen LogP contribution in [0.4, 0.5) is 5.69 Å². The van der Waals surface area contributed by atoms with E-state index < -0.39 is 0 Å². The van der Waals surface area contributed by atoms with E-state index in [1.165, 1.54) is 0 Å². The van der Waals surface area contributed by atoms with Crippen LogP contribution < -0.4 is 5.32 Å². The largest absolute Gasteiger partial charge is 0.462 e. The van der Waals surface area contributed by atoms with Crippen molar-refractivity contribution in [3.63, 3.8) is 0 Å². The Kier molecular flexibility index (Phi) is 5.51. The van der Waals surface area contributed by atoms with Crippen molar-refractivity contribution in [2.75, 3.05) is 11.9 Å². The number of nitrogens with zero attached hydrogens (tertiary/aromatic N) is 1. The maximum Gasteiger partial charge on any atom is 0.333 e. The van der Waals surface area contributed by atoms with Crippen molar-refractivity contribution in [2.24, 2.45) is 0 Å². The molecule has 0 aliphatic carbocycles. The van der Waals surface area contributed by atoms with Gasteiger partial charge in [-0.05, 0) is 31.5 Å². The molecule has 0 saturated carbocycles. The van der Waals surface area contributed by atoms with Crippen LogP contribution in [0.25, 0.3) is 11.0 Å². The molecule has 0 saturated heterocycles. The average molecular weight is 315 g/mol. The highest BCUT2D eigenvalue weighted by Gasteiger charge is 2.07.